The highest BCUT2D eigenvalue weighted by molar-refractivity contribution is 6.32. The van der Waals surface area contributed by atoms with Crippen LogP contribution < -0.4 is 15.4 Å². The van der Waals surface area contributed by atoms with Gasteiger partial charge in [0, 0.05) is 34.3 Å². The van der Waals surface area contributed by atoms with E-state index in [0.717, 1.165) is 5.56 Å². The van der Waals surface area contributed by atoms with E-state index in [9.17, 15) is 25.0 Å². The molecule has 10 nitrogen and oxygen atoms in total. The van der Waals surface area contributed by atoms with E-state index >= 15 is 0 Å². The average molecular weight is 509 g/mol. The monoisotopic (exact) mass is 508 g/mol. The summed E-state index contributed by atoms with van der Waals surface area (Å²) < 4.78 is 5.78. The molecule has 2 heterocycles. The zero-order chi connectivity index (χ0) is 25.6. The maximum atomic E-state index is 13.1. The van der Waals surface area contributed by atoms with Crippen LogP contribution in [0.5, 0.6) is 5.75 Å². The molecule has 0 saturated carbocycles. The normalized spacial score (nSPS) is 24.4. The molecule has 184 valence electrons. The molecular formula is C25H21ClN4O6. The third kappa shape index (κ3) is 3.75. The topological polar surface area (TPSA) is 137 Å². The van der Waals surface area contributed by atoms with Crippen molar-refractivity contribution in [3.63, 3.8) is 0 Å². The summed E-state index contributed by atoms with van der Waals surface area (Å²) in [6, 6.07) is 16.3. The summed E-state index contributed by atoms with van der Waals surface area (Å²) in [7, 11) is 0. The molecular weight excluding hydrogens is 488 g/mol. The molecule has 2 aliphatic heterocycles. The molecule has 5 rings (SSSR count). The lowest BCUT2D eigenvalue weighted by Gasteiger charge is -2.25. The first-order valence-electron chi connectivity index (χ1n) is 11.2. The number of para-hydroxylation sites is 1. The molecule has 3 aromatic rings. The van der Waals surface area contributed by atoms with E-state index < -0.39 is 39.3 Å². The number of carbonyl (C=O) groups excluding carboxylic acids is 1. The fraction of sp³-hybridized carbons (Fsp3) is 0.240. The van der Waals surface area contributed by atoms with E-state index in [1.807, 2.05) is 6.92 Å². The Morgan fingerprint density at radius 3 is 2.44 bits per heavy atom. The first kappa shape index (κ1) is 23.7. The lowest BCUT2D eigenvalue weighted by atomic mass is 9.78. The van der Waals surface area contributed by atoms with Crippen LogP contribution in [0.4, 0.5) is 11.4 Å². The minimum Gasteiger partial charge on any atom is -0.487 e. The van der Waals surface area contributed by atoms with Gasteiger partial charge >= 0.3 is 0 Å². The number of anilines is 1. The molecule has 4 atom stereocenters. The number of halogens is 1. The van der Waals surface area contributed by atoms with Crippen LogP contribution in [0.3, 0.4) is 0 Å². The Labute approximate surface area is 210 Å². The molecule has 2 aliphatic rings. The number of nitrogens with one attached hydrogen (secondary N) is 2. The number of nitro groups is 2. The third-order valence-corrected chi connectivity index (χ3v) is 7.14. The van der Waals surface area contributed by atoms with Crippen LogP contribution >= 0.6 is 11.6 Å². The highest BCUT2D eigenvalue weighted by Crippen LogP contribution is 2.50. The fourth-order valence-electron chi connectivity index (χ4n) is 5.27. The van der Waals surface area contributed by atoms with Crippen molar-refractivity contribution in [1.82, 2.24) is 5.32 Å². The van der Waals surface area contributed by atoms with Gasteiger partial charge in [0.25, 0.3) is 17.6 Å². The molecule has 0 bridgehead atoms. The van der Waals surface area contributed by atoms with Crippen LogP contribution in [0.2, 0.25) is 5.02 Å². The quantitative estimate of drug-likeness (QED) is 0.372. The number of nitrogens with zero attached hydrogens (tertiary/aromatic N) is 2. The van der Waals surface area contributed by atoms with Crippen LogP contribution in [0.25, 0.3) is 0 Å². The minimum atomic E-state index is -1.50. The first-order chi connectivity index (χ1) is 17.2. The molecule has 1 amide bonds. The maximum Gasteiger partial charge on any atom is 0.269 e. The number of hydrogen-bond donors (Lipinski definition) is 2. The predicted octanol–water partition coefficient (Wildman–Crippen LogP) is 4.40. The lowest BCUT2D eigenvalue weighted by molar-refractivity contribution is -0.532. The van der Waals surface area contributed by atoms with Gasteiger partial charge in [-0.3, -0.25) is 30.3 Å². The van der Waals surface area contributed by atoms with Gasteiger partial charge in [-0.05, 0) is 48.4 Å². The minimum absolute atomic E-state index is 0.0166. The Morgan fingerprint density at radius 1 is 1.06 bits per heavy atom. The predicted molar refractivity (Wildman–Crippen MR) is 132 cm³/mol. The number of benzene rings is 3. The Kier molecular flexibility index (Phi) is 5.85. The van der Waals surface area contributed by atoms with Gasteiger partial charge in [-0.2, -0.15) is 0 Å². The molecule has 0 aliphatic carbocycles. The SMILES string of the molecule is C[C@@H]1N[C@]2(C(=O)Nc3ccccc32)[C@@H]([N+](=O)[O-])[C@@H]1c1ccc(OCc2ccc([N+](=O)[O-])cc2)c(Cl)c1. The summed E-state index contributed by atoms with van der Waals surface area (Å²) >= 11 is 6.49. The second kappa shape index (κ2) is 8.89. The van der Waals surface area contributed by atoms with Crippen molar-refractivity contribution < 1.29 is 19.4 Å². The molecule has 3 aromatic carbocycles. The third-order valence-electron chi connectivity index (χ3n) is 6.85. The lowest BCUT2D eigenvalue weighted by Crippen LogP contribution is -2.54. The number of nitro benzene ring substituents is 1. The summed E-state index contributed by atoms with van der Waals surface area (Å²) in [5.74, 6) is -0.722. The Hall–Kier alpha value is -4.02. The number of amides is 1. The summed E-state index contributed by atoms with van der Waals surface area (Å²) in [6.07, 6.45) is 0. The standard InChI is InChI=1S/C25H21ClN4O6/c1-14-22(23(30(34)35)25(28-14)18-4-2-3-5-20(18)27-24(25)31)16-8-11-21(19(26)12-16)36-13-15-6-9-17(10-7-15)29(32)33/h2-12,14,22-23,28H,13H2,1H3,(H,27,31)/t14-,22-,23-,25-/m0/s1. The molecule has 11 heteroatoms. The number of hydrogen-bond acceptors (Lipinski definition) is 7. The van der Waals surface area contributed by atoms with Crippen molar-refractivity contribution in [2.75, 3.05) is 5.32 Å². The average Bonchev–Trinajstić information content (AvgIpc) is 3.32. The molecule has 0 unspecified atom stereocenters. The van der Waals surface area contributed by atoms with Gasteiger partial charge in [0.05, 0.1) is 15.9 Å². The van der Waals surface area contributed by atoms with Gasteiger partial charge in [-0.1, -0.05) is 35.9 Å². The van der Waals surface area contributed by atoms with E-state index in [2.05, 4.69) is 10.6 Å². The Balaban J connectivity index is 1.42. The van der Waals surface area contributed by atoms with Crippen molar-refractivity contribution in [3.05, 3.63) is 109 Å². The number of rotatable bonds is 6. The van der Waals surface area contributed by atoms with Crippen LogP contribution in [0.1, 0.15) is 29.5 Å². The summed E-state index contributed by atoms with van der Waals surface area (Å²) in [6.45, 7) is 1.95. The Bertz CT molecular complexity index is 1380. The van der Waals surface area contributed by atoms with Crippen LogP contribution in [-0.4, -0.2) is 27.8 Å². The smallest absolute Gasteiger partial charge is 0.269 e. The van der Waals surface area contributed by atoms with Crippen molar-refractivity contribution >= 4 is 28.9 Å². The second-order valence-corrected chi connectivity index (χ2v) is 9.31. The Morgan fingerprint density at radius 2 is 1.78 bits per heavy atom. The summed E-state index contributed by atoms with van der Waals surface area (Å²) in [5.41, 5.74) is 0.927. The van der Waals surface area contributed by atoms with Gasteiger partial charge in [0.15, 0.2) is 5.54 Å². The van der Waals surface area contributed by atoms with Gasteiger partial charge in [0.2, 0.25) is 0 Å². The zero-order valence-corrected chi connectivity index (χ0v) is 19.8. The molecule has 1 spiro atoms. The highest BCUT2D eigenvalue weighted by atomic mass is 35.5. The van der Waals surface area contributed by atoms with Gasteiger partial charge in [0.1, 0.15) is 12.4 Å². The van der Waals surface area contributed by atoms with E-state index in [4.69, 9.17) is 16.3 Å². The van der Waals surface area contributed by atoms with Crippen molar-refractivity contribution in [3.8, 4) is 5.75 Å². The van der Waals surface area contributed by atoms with Crippen molar-refractivity contribution in [1.29, 1.82) is 0 Å². The first-order valence-corrected chi connectivity index (χ1v) is 11.6. The maximum absolute atomic E-state index is 13.1. The summed E-state index contributed by atoms with van der Waals surface area (Å²) in [5, 5.41) is 29.5. The van der Waals surface area contributed by atoms with Gasteiger partial charge < -0.3 is 10.1 Å². The van der Waals surface area contributed by atoms with E-state index in [1.54, 1.807) is 54.6 Å². The zero-order valence-electron chi connectivity index (χ0n) is 19.0. The molecule has 0 radical (unpaired) electrons. The van der Waals surface area contributed by atoms with E-state index in [0.29, 0.717) is 22.6 Å². The number of fused-ring (bicyclic) bond motifs is 2. The number of carbonyl (C=O) groups is 1. The van der Waals surface area contributed by atoms with Crippen LogP contribution in [-0.2, 0) is 16.9 Å². The molecule has 36 heavy (non-hydrogen) atoms. The van der Waals surface area contributed by atoms with E-state index in [-0.39, 0.29) is 17.3 Å². The van der Waals surface area contributed by atoms with E-state index in [1.165, 1.54) is 12.1 Å². The number of non-ortho nitro benzene ring substituents is 1. The van der Waals surface area contributed by atoms with Gasteiger partial charge in [-0.15, -0.1) is 0 Å². The molecule has 1 fully saturated rings. The largest absolute Gasteiger partial charge is 0.487 e. The molecule has 0 aromatic heterocycles. The molecule has 2 N–H and O–H groups in total. The van der Waals surface area contributed by atoms with Crippen molar-refractivity contribution in [2.45, 2.75) is 37.1 Å². The molecule has 1 saturated heterocycles. The fourth-order valence-corrected chi connectivity index (χ4v) is 5.51. The van der Waals surface area contributed by atoms with Gasteiger partial charge in [-0.25, -0.2) is 0 Å². The summed E-state index contributed by atoms with van der Waals surface area (Å²) in [4.78, 5) is 35.5. The highest BCUT2D eigenvalue weighted by Gasteiger charge is 2.67. The van der Waals surface area contributed by atoms with Crippen LogP contribution in [0, 0.1) is 20.2 Å². The van der Waals surface area contributed by atoms with Crippen LogP contribution in [0.15, 0.2) is 66.7 Å². The van der Waals surface area contributed by atoms with Crippen molar-refractivity contribution in [2.24, 2.45) is 0 Å². The second-order valence-electron chi connectivity index (χ2n) is 8.90. The number of ether oxygens (including phenoxy) is 1.